The molecule has 4 aliphatic heterocycles. The van der Waals surface area contributed by atoms with Gasteiger partial charge in [0, 0.05) is 13.1 Å². The number of esters is 1. The average Bonchev–Trinajstić information content (AvgIpc) is 3.14. The quantitative estimate of drug-likeness (QED) is 0.521. The van der Waals surface area contributed by atoms with Crippen LogP contribution in [-0.4, -0.2) is 75.7 Å². The van der Waals surface area contributed by atoms with Gasteiger partial charge in [-0.2, -0.15) is 0 Å². The number of carbonyl (C=O) groups is 3. The summed E-state index contributed by atoms with van der Waals surface area (Å²) >= 11 is 0. The number of amides is 2. The minimum absolute atomic E-state index is 0.119. The van der Waals surface area contributed by atoms with Crippen LogP contribution >= 0.6 is 0 Å². The smallest absolute Gasteiger partial charge is 0.313 e. The molecule has 34 heavy (non-hydrogen) atoms. The summed E-state index contributed by atoms with van der Waals surface area (Å²) in [6.07, 6.45) is 7.69. The molecule has 5 rings (SSSR count). The maximum atomic E-state index is 14.1. The lowest BCUT2D eigenvalue weighted by Gasteiger charge is -2.39. The molecule has 8 heteroatoms. The topological polar surface area (TPSA) is 96.4 Å². The average molecular weight is 467 g/mol. The van der Waals surface area contributed by atoms with E-state index in [0.717, 1.165) is 5.56 Å². The molecule has 1 aromatic carbocycles. The van der Waals surface area contributed by atoms with Crippen molar-refractivity contribution in [1.82, 2.24) is 9.80 Å². The summed E-state index contributed by atoms with van der Waals surface area (Å²) in [7, 11) is 0. The number of rotatable bonds is 5. The molecule has 2 fully saturated rings. The molecule has 0 bridgehead atoms. The van der Waals surface area contributed by atoms with Gasteiger partial charge >= 0.3 is 5.97 Å². The monoisotopic (exact) mass is 466 g/mol. The minimum atomic E-state index is -1.33. The summed E-state index contributed by atoms with van der Waals surface area (Å²) in [5.74, 6) is -2.91. The standard InChI is InChI=1S/C26H30N2O6/c1-3-25-11-8-14-33-24(32)20(25)19-22(30)28(17(2)16-29)21-23(31)27(13-7-12-26(19,21)34-25)15-18-9-5-4-6-10-18/h4-12,17,19-21,29H,3,13-16H2,1-2H3/t17-,19+,20-,21?,25+,26+/m1/s1. The van der Waals surface area contributed by atoms with Crippen LogP contribution in [0.15, 0.2) is 54.6 Å². The zero-order chi connectivity index (χ0) is 24.1. The van der Waals surface area contributed by atoms with Crippen molar-refractivity contribution in [3.63, 3.8) is 0 Å². The molecular formula is C26H30N2O6. The molecule has 0 saturated carbocycles. The highest BCUT2D eigenvalue weighted by Crippen LogP contribution is 2.58. The van der Waals surface area contributed by atoms with Gasteiger partial charge in [-0.25, -0.2) is 0 Å². The van der Waals surface area contributed by atoms with Crippen LogP contribution in [0.4, 0.5) is 0 Å². The summed E-state index contributed by atoms with van der Waals surface area (Å²) in [5, 5.41) is 9.97. The fourth-order valence-electron chi connectivity index (χ4n) is 6.09. The van der Waals surface area contributed by atoms with Crippen LogP contribution in [0, 0.1) is 11.8 Å². The van der Waals surface area contributed by atoms with Gasteiger partial charge < -0.3 is 24.4 Å². The normalized spacial score (nSPS) is 35.4. The fraction of sp³-hybridized carbons (Fsp3) is 0.500. The van der Waals surface area contributed by atoms with Crippen LogP contribution in [0.5, 0.6) is 0 Å². The lowest BCUT2D eigenvalue weighted by Crippen LogP contribution is -2.58. The summed E-state index contributed by atoms with van der Waals surface area (Å²) in [6, 6.07) is 8.04. The Morgan fingerprint density at radius 3 is 2.56 bits per heavy atom. The molecule has 0 aliphatic carbocycles. The molecule has 1 unspecified atom stereocenters. The van der Waals surface area contributed by atoms with Gasteiger partial charge in [-0.3, -0.25) is 14.4 Å². The Morgan fingerprint density at radius 2 is 1.85 bits per heavy atom. The maximum Gasteiger partial charge on any atom is 0.313 e. The van der Waals surface area contributed by atoms with E-state index in [1.165, 1.54) is 4.90 Å². The summed E-state index contributed by atoms with van der Waals surface area (Å²) in [4.78, 5) is 44.3. The lowest BCUT2D eigenvalue weighted by atomic mass is 9.73. The van der Waals surface area contributed by atoms with Crippen LogP contribution in [0.1, 0.15) is 25.8 Å². The molecule has 2 saturated heterocycles. The molecule has 1 aromatic rings. The van der Waals surface area contributed by atoms with Crippen LogP contribution in [0.3, 0.4) is 0 Å². The summed E-state index contributed by atoms with van der Waals surface area (Å²) in [5.41, 5.74) is -1.40. The molecular weight excluding hydrogens is 436 g/mol. The molecule has 1 spiro atoms. The van der Waals surface area contributed by atoms with Crippen molar-refractivity contribution in [3.05, 3.63) is 60.2 Å². The Bertz CT molecular complexity index is 1050. The first-order chi connectivity index (χ1) is 16.4. The number of benzene rings is 1. The molecule has 2 amide bonds. The van der Waals surface area contributed by atoms with Gasteiger partial charge in [0.05, 0.1) is 18.6 Å². The van der Waals surface area contributed by atoms with E-state index in [-0.39, 0.29) is 25.0 Å². The highest BCUT2D eigenvalue weighted by Gasteiger charge is 2.75. The van der Waals surface area contributed by atoms with Gasteiger partial charge in [-0.05, 0) is 25.0 Å². The van der Waals surface area contributed by atoms with Crippen LogP contribution in [-0.2, 0) is 30.4 Å². The van der Waals surface area contributed by atoms with E-state index in [1.54, 1.807) is 24.0 Å². The first-order valence-corrected chi connectivity index (χ1v) is 11.9. The third-order valence-electron chi connectivity index (χ3n) is 7.67. The second-order valence-electron chi connectivity index (χ2n) is 9.54. The second-order valence-corrected chi connectivity index (χ2v) is 9.54. The van der Waals surface area contributed by atoms with E-state index in [2.05, 4.69) is 0 Å². The van der Waals surface area contributed by atoms with E-state index in [1.807, 2.05) is 49.4 Å². The number of fused-ring (bicyclic) bond motifs is 2. The Balaban J connectivity index is 1.63. The van der Waals surface area contributed by atoms with E-state index in [0.29, 0.717) is 19.5 Å². The third kappa shape index (κ3) is 3.15. The molecule has 1 N–H and O–H groups in total. The number of aliphatic hydroxyl groups is 1. The van der Waals surface area contributed by atoms with Crippen molar-refractivity contribution in [2.45, 2.75) is 50.1 Å². The fourth-order valence-corrected chi connectivity index (χ4v) is 6.09. The number of hydrogen-bond donors (Lipinski definition) is 1. The van der Waals surface area contributed by atoms with Crippen molar-refractivity contribution in [2.75, 3.05) is 19.8 Å². The van der Waals surface area contributed by atoms with E-state index in [4.69, 9.17) is 9.47 Å². The van der Waals surface area contributed by atoms with E-state index >= 15 is 0 Å². The van der Waals surface area contributed by atoms with Gasteiger partial charge in [0.25, 0.3) is 0 Å². The van der Waals surface area contributed by atoms with Crippen molar-refractivity contribution < 1.29 is 29.0 Å². The second kappa shape index (κ2) is 8.36. The van der Waals surface area contributed by atoms with Gasteiger partial charge in [-0.15, -0.1) is 0 Å². The molecule has 180 valence electrons. The molecule has 8 nitrogen and oxygen atoms in total. The van der Waals surface area contributed by atoms with Crippen molar-refractivity contribution in [2.24, 2.45) is 11.8 Å². The summed E-state index contributed by atoms with van der Waals surface area (Å²) in [6.45, 7) is 4.14. The number of aliphatic hydroxyl groups excluding tert-OH is 1. The van der Waals surface area contributed by atoms with Gasteiger partial charge in [0.2, 0.25) is 11.8 Å². The number of carbonyl (C=O) groups excluding carboxylic acids is 3. The molecule has 0 radical (unpaired) electrons. The zero-order valence-electron chi connectivity index (χ0n) is 19.4. The number of likely N-dealkylation sites (tertiary alicyclic amines) is 1. The molecule has 6 atom stereocenters. The minimum Gasteiger partial charge on any atom is -0.461 e. The Hall–Kier alpha value is -2.97. The number of hydrogen-bond acceptors (Lipinski definition) is 6. The van der Waals surface area contributed by atoms with E-state index in [9.17, 15) is 19.5 Å². The number of cyclic esters (lactones) is 1. The summed E-state index contributed by atoms with van der Waals surface area (Å²) < 4.78 is 12.2. The van der Waals surface area contributed by atoms with Crippen LogP contribution < -0.4 is 0 Å². The third-order valence-corrected chi connectivity index (χ3v) is 7.67. The van der Waals surface area contributed by atoms with E-state index < -0.39 is 41.1 Å². The molecule has 4 heterocycles. The SMILES string of the molecule is CC[C@]12C=CCOC(=O)[C@H]1[C@H]1C(=O)N([C@H](C)CO)C3C(=O)N(Cc4ccccc4)CC=C[C@@]31O2. The first-order valence-electron chi connectivity index (χ1n) is 11.9. The predicted octanol–water partition coefficient (Wildman–Crippen LogP) is 1.44. The molecule has 4 aliphatic rings. The van der Waals surface area contributed by atoms with Crippen LogP contribution in [0.2, 0.25) is 0 Å². The first kappa shape index (κ1) is 22.8. The van der Waals surface area contributed by atoms with Crippen molar-refractivity contribution in [1.29, 1.82) is 0 Å². The van der Waals surface area contributed by atoms with Crippen molar-refractivity contribution >= 4 is 17.8 Å². The Labute approximate surface area is 198 Å². The largest absolute Gasteiger partial charge is 0.461 e. The van der Waals surface area contributed by atoms with Gasteiger partial charge in [-0.1, -0.05) is 55.5 Å². The van der Waals surface area contributed by atoms with Crippen molar-refractivity contribution in [3.8, 4) is 0 Å². The Kier molecular flexibility index (Phi) is 5.61. The number of nitrogens with zero attached hydrogens (tertiary/aromatic N) is 2. The maximum absolute atomic E-state index is 14.1. The van der Waals surface area contributed by atoms with Crippen LogP contribution in [0.25, 0.3) is 0 Å². The molecule has 0 aromatic heterocycles. The van der Waals surface area contributed by atoms with Gasteiger partial charge in [0.15, 0.2) is 0 Å². The Morgan fingerprint density at radius 1 is 1.09 bits per heavy atom. The highest BCUT2D eigenvalue weighted by molar-refractivity contribution is 5.99. The highest BCUT2D eigenvalue weighted by atomic mass is 16.6. The lowest BCUT2D eigenvalue weighted by molar-refractivity contribution is -0.161. The zero-order valence-corrected chi connectivity index (χ0v) is 19.4. The predicted molar refractivity (Wildman–Crippen MR) is 122 cm³/mol. The van der Waals surface area contributed by atoms with Gasteiger partial charge in [0.1, 0.15) is 29.8 Å². The number of ether oxygens (including phenoxy) is 2.